The van der Waals surface area contributed by atoms with Crippen molar-refractivity contribution in [2.75, 3.05) is 13.1 Å². The van der Waals surface area contributed by atoms with Crippen LogP contribution < -0.4 is 5.73 Å². The first kappa shape index (κ1) is 15.8. The van der Waals surface area contributed by atoms with Gasteiger partial charge in [0.25, 0.3) is 11.8 Å². The molecule has 1 aromatic heterocycles. The topological polar surface area (TPSA) is 99.4 Å². The highest BCUT2D eigenvalue weighted by Crippen LogP contribution is 2.29. The number of aromatic amines is 1. The maximum Gasteiger partial charge on any atom is 0.256 e. The van der Waals surface area contributed by atoms with Crippen LogP contribution in [-0.4, -0.2) is 45.5 Å². The Hall–Kier alpha value is -2.05. The SMILES string of the molecule is Cc1[nH]c2ccc(Cl)cc2c1C(=O)N1CCC[C@](O)(C(N)=O)C1. The number of carbonyl (C=O) groups is 2. The van der Waals surface area contributed by atoms with Crippen molar-refractivity contribution in [3.8, 4) is 0 Å². The van der Waals surface area contributed by atoms with E-state index < -0.39 is 11.5 Å². The molecule has 0 spiro atoms. The second kappa shape index (κ2) is 5.54. The molecule has 6 nitrogen and oxygen atoms in total. The van der Waals surface area contributed by atoms with Crippen LogP contribution in [0.2, 0.25) is 5.02 Å². The van der Waals surface area contributed by atoms with E-state index in [1.807, 2.05) is 13.0 Å². The molecule has 2 aromatic rings. The fourth-order valence-corrected chi connectivity index (χ4v) is 3.32. The number of β-amino-alcohol motifs (C(OH)–C–C–N with tert-alkyl or cyclic N) is 1. The number of nitrogens with one attached hydrogen (secondary N) is 1. The van der Waals surface area contributed by atoms with Crippen LogP contribution >= 0.6 is 11.6 Å². The Morgan fingerprint density at radius 1 is 1.43 bits per heavy atom. The molecule has 1 saturated heterocycles. The molecule has 0 bridgehead atoms. The second-order valence-corrected chi connectivity index (χ2v) is 6.48. The van der Waals surface area contributed by atoms with E-state index in [4.69, 9.17) is 17.3 Å². The number of H-pyrrole nitrogens is 1. The molecule has 7 heteroatoms. The summed E-state index contributed by atoms with van der Waals surface area (Å²) in [6.45, 7) is 2.19. The lowest BCUT2D eigenvalue weighted by Gasteiger charge is -2.37. The number of rotatable bonds is 2. The number of primary amides is 1. The van der Waals surface area contributed by atoms with Crippen molar-refractivity contribution in [3.63, 3.8) is 0 Å². The van der Waals surface area contributed by atoms with Crippen molar-refractivity contribution in [2.45, 2.75) is 25.4 Å². The van der Waals surface area contributed by atoms with Gasteiger partial charge in [0.2, 0.25) is 0 Å². The Bertz CT molecular complexity index is 801. The van der Waals surface area contributed by atoms with E-state index in [2.05, 4.69) is 4.98 Å². The van der Waals surface area contributed by atoms with Crippen LogP contribution in [0, 0.1) is 6.92 Å². The number of nitrogens with zero attached hydrogens (tertiary/aromatic N) is 1. The number of aromatic nitrogens is 1. The van der Waals surface area contributed by atoms with Gasteiger partial charge in [0.05, 0.1) is 12.1 Å². The summed E-state index contributed by atoms with van der Waals surface area (Å²) in [6.07, 6.45) is 0.790. The number of amides is 2. The smallest absolute Gasteiger partial charge is 0.256 e. The number of hydrogen-bond donors (Lipinski definition) is 3. The van der Waals surface area contributed by atoms with Crippen molar-refractivity contribution in [1.82, 2.24) is 9.88 Å². The maximum absolute atomic E-state index is 12.9. The first-order chi connectivity index (χ1) is 10.8. The van der Waals surface area contributed by atoms with Crippen molar-refractivity contribution in [2.24, 2.45) is 5.73 Å². The van der Waals surface area contributed by atoms with E-state index in [0.29, 0.717) is 23.6 Å². The minimum atomic E-state index is -1.66. The standard InChI is InChI=1S/C16H18ClN3O3/c1-9-13(11-7-10(17)3-4-12(11)19-9)14(21)20-6-2-5-16(23,8-20)15(18)22/h3-4,7,19,23H,2,5-6,8H2,1H3,(H2,18,22)/t16-/m1/s1. The number of likely N-dealkylation sites (tertiary alicyclic amines) is 1. The second-order valence-electron chi connectivity index (χ2n) is 6.04. The third-order valence-corrected chi connectivity index (χ3v) is 4.61. The van der Waals surface area contributed by atoms with Crippen LogP contribution in [0.5, 0.6) is 0 Å². The van der Waals surface area contributed by atoms with Gasteiger partial charge < -0.3 is 20.7 Å². The number of fused-ring (bicyclic) bond motifs is 1. The molecule has 1 aliphatic heterocycles. The molecule has 0 radical (unpaired) electrons. The third kappa shape index (κ3) is 2.68. The molecule has 23 heavy (non-hydrogen) atoms. The van der Waals surface area contributed by atoms with Gasteiger partial charge in [-0.1, -0.05) is 11.6 Å². The van der Waals surface area contributed by atoms with Crippen LogP contribution in [0.3, 0.4) is 0 Å². The zero-order valence-corrected chi connectivity index (χ0v) is 13.5. The summed E-state index contributed by atoms with van der Waals surface area (Å²) in [4.78, 5) is 29.0. The fraction of sp³-hybridized carbons (Fsp3) is 0.375. The Balaban J connectivity index is 1.99. The molecule has 1 fully saturated rings. The molecule has 122 valence electrons. The first-order valence-corrected chi connectivity index (χ1v) is 7.79. The zero-order chi connectivity index (χ0) is 16.8. The summed E-state index contributed by atoms with van der Waals surface area (Å²) in [5.74, 6) is -1.04. The summed E-state index contributed by atoms with van der Waals surface area (Å²) in [5, 5.41) is 11.6. The number of aliphatic hydroxyl groups is 1. The van der Waals surface area contributed by atoms with Crippen LogP contribution in [-0.2, 0) is 4.79 Å². The van der Waals surface area contributed by atoms with Crippen molar-refractivity contribution in [1.29, 1.82) is 0 Å². The van der Waals surface area contributed by atoms with Crippen LogP contribution in [0.15, 0.2) is 18.2 Å². The van der Waals surface area contributed by atoms with E-state index in [1.54, 1.807) is 12.1 Å². The average molecular weight is 336 g/mol. The predicted molar refractivity (Wildman–Crippen MR) is 87.3 cm³/mol. The first-order valence-electron chi connectivity index (χ1n) is 7.41. The Morgan fingerprint density at radius 2 is 2.17 bits per heavy atom. The summed E-state index contributed by atoms with van der Waals surface area (Å²) < 4.78 is 0. The Morgan fingerprint density at radius 3 is 2.87 bits per heavy atom. The highest BCUT2D eigenvalue weighted by atomic mass is 35.5. The molecule has 2 heterocycles. The number of aryl methyl sites for hydroxylation is 1. The van der Waals surface area contributed by atoms with Crippen LogP contribution in [0.1, 0.15) is 28.9 Å². The van der Waals surface area contributed by atoms with Gasteiger partial charge in [-0.15, -0.1) is 0 Å². The summed E-state index contributed by atoms with van der Waals surface area (Å²) in [6, 6.07) is 5.30. The quantitative estimate of drug-likeness (QED) is 0.777. The largest absolute Gasteiger partial charge is 0.378 e. The molecule has 1 atom stereocenters. The van der Waals surface area contributed by atoms with Gasteiger partial charge in [0.1, 0.15) is 0 Å². The molecule has 0 aliphatic carbocycles. The number of halogens is 1. The normalized spacial score (nSPS) is 21.6. The van der Waals surface area contributed by atoms with Gasteiger partial charge in [-0.05, 0) is 38.0 Å². The number of piperidine rings is 1. The monoisotopic (exact) mass is 335 g/mol. The molecule has 1 aromatic carbocycles. The van der Waals surface area contributed by atoms with Gasteiger partial charge in [-0.2, -0.15) is 0 Å². The van der Waals surface area contributed by atoms with E-state index in [0.717, 1.165) is 16.6 Å². The van der Waals surface area contributed by atoms with Gasteiger partial charge in [0, 0.05) is 28.2 Å². The van der Waals surface area contributed by atoms with Crippen LogP contribution in [0.4, 0.5) is 0 Å². The Labute approximate surface area is 138 Å². The highest BCUT2D eigenvalue weighted by Gasteiger charge is 2.40. The summed E-state index contributed by atoms with van der Waals surface area (Å²) >= 11 is 6.04. The molecule has 4 N–H and O–H groups in total. The lowest BCUT2D eigenvalue weighted by molar-refractivity contribution is -0.140. The maximum atomic E-state index is 12.9. The molecular formula is C16H18ClN3O3. The minimum absolute atomic E-state index is 0.0894. The summed E-state index contributed by atoms with van der Waals surface area (Å²) in [5.41, 5.74) is 5.66. The van der Waals surface area contributed by atoms with Crippen molar-refractivity contribution < 1.29 is 14.7 Å². The fourth-order valence-electron chi connectivity index (χ4n) is 3.14. The average Bonchev–Trinajstić information content (AvgIpc) is 2.81. The molecule has 0 saturated carbocycles. The van der Waals surface area contributed by atoms with Crippen LogP contribution in [0.25, 0.3) is 10.9 Å². The number of benzene rings is 1. The van der Waals surface area contributed by atoms with E-state index in [-0.39, 0.29) is 18.9 Å². The highest BCUT2D eigenvalue weighted by molar-refractivity contribution is 6.31. The number of hydrogen-bond acceptors (Lipinski definition) is 3. The molecule has 3 rings (SSSR count). The van der Waals surface area contributed by atoms with Gasteiger partial charge in [0.15, 0.2) is 5.60 Å². The minimum Gasteiger partial charge on any atom is -0.378 e. The van der Waals surface area contributed by atoms with Crippen molar-refractivity contribution >= 4 is 34.3 Å². The third-order valence-electron chi connectivity index (χ3n) is 4.38. The number of nitrogens with two attached hydrogens (primary N) is 1. The van der Waals surface area contributed by atoms with E-state index in [1.165, 1.54) is 4.90 Å². The lowest BCUT2D eigenvalue weighted by atomic mass is 9.91. The zero-order valence-electron chi connectivity index (χ0n) is 12.7. The molecular weight excluding hydrogens is 318 g/mol. The van der Waals surface area contributed by atoms with E-state index in [9.17, 15) is 14.7 Å². The van der Waals surface area contributed by atoms with Gasteiger partial charge in [-0.3, -0.25) is 9.59 Å². The van der Waals surface area contributed by atoms with E-state index >= 15 is 0 Å². The summed E-state index contributed by atoms with van der Waals surface area (Å²) in [7, 11) is 0. The van der Waals surface area contributed by atoms with Gasteiger partial charge in [-0.25, -0.2) is 0 Å². The molecule has 0 unspecified atom stereocenters. The lowest BCUT2D eigenvalue weighted by Crippen LogP contribution is -2.57. The van der Waals surface area contributed by atoms with Gasteiger partial charge >= 0.3 is 0 Å². The Kier molecular flexibility index (Phi) is 3.82. The molecule has 2 amide bonds. The molecule has 1 aliphatic rings. The predicted octanol–water partition coefficient (Wildman–Crippen LogP) is 1.58. The number of carbonyl (C=O) groups excluding carboxylic acids is 2. The van der Waals surface area contributed by atoms with Crippen molar-refractivity contribution in [3.05, 3.63) is 34.5 Å².